The minimum atomic E-state index is -1.28. The Hall–Kier alpha value is -5.11. The summed E-state index contributed by atoms with van der Waals surface area (Å²) in [4.78, 5) is 59.3. The van der Waals surface area contributed by atoms with E-state index in [9.17, 15) is 29.4 Å². The predicted octanol–water partition coefficient (Wildman–Crippen LogP) is 0.625. The van der Waals surface area contributed by atoms with Crippen LogP contribution in [0.15, 0.2) is 59.7 Å². The molecule has 0 saturated carbocycles. The Bertz CT molecular complexity index is 1520. The minimum absolute atomic E-state index is 0.00467. The molecule has 3 amide bonds. The normalized spacial score (nSPS) is 13.7. The van der Waals surface area contributed by atoms with Crippen LogP contribution in [-0.2, 0) is 32.0 Å². The van der Waals surface area contributed by atoms with Gasteiger partial charge in [-0.3, -0.25) is 19.4 Å². The molecule has 0 aliphatic heterocycles. The lowest BCUT2D eigenvalue weighted by atomic mass is 10.0. The second-order valence-electron chi connectivity index (χ2n) is 11.6. The standard InChI is InChI=1S/C32H44N8O6/c1-18(2)14-26(39-28(42)23(33)15-19-9-11-21(41)12-10-19)30(44)38-25(8-5-13-36-32(34)35)29(43)40-27(31(45)46)16-20-17-37-24-7-4-3-6-22(20)24/h3-4,6-7,9-12,17-18,23,25-27,37,41H,5,8,13-16,33H2,1-2H3,(H,38,44)(H,39,42)(H,40,43)(H,45,46)(H4,34,35,36). The number of para-hydroxylation sites is 1. The molecule has 0 bridgehead atoms. The number of aliphatic carboxylic acids is 1. The van der Waals surface area contributed by atoms with Gasteiger partial charge in [0.1, 0.15) is 23.9 Å². The number of nitrogens with zero attached hydrogens (tertiary/aromatic N) is 1. The molecule has 0 saturated heterocycles. The van der Waals surface area contributed by atoms with Gasteiger partial charge >= 0.3 is 5.97 Å². The van der Waals surface area contributed by atoms with Crippen molar-refractivity contribution in [2.24, 2.45) is 28.1 Å². The summed E-state index contributed by atoms with van der Waals surface area (Å²) in [5.74, 6) is -3.18. The molecule has 0 radical (unpaired) electrons. The van der Waals surface area contributed by atoms with Crippen LogP contribution in [0.2, 0.25) is 0 Å². The van der Waals surface area contributed by atoms with Crippen molar-refractivity contribution in [2.45, 2.75) is 70.1 Å². The van der Waals surface area contributed by atoms with Crippen LogP contribution in [0, 0.1) is 5.92 Å². The number of aromatic hydroxyl groups is 1. The number of nitrogens with two attached hydrogens (primary N) is 3. The number of aliphatic imine (C=N–C) groups is 1. The Kier molecular flexibility index (Phi) is 12.9. The lowest BCUT2D eigenvalue weighted by Crippen LogP contribution is -2.57. The number of carboxylic acids is 1. The number of aromatic amines is 1. The fourth-order valence-electron chi connectivity index (χ4n) is 5.00. The predicted molar refractivity (Wildman–Crippen MR) is 175 cm³/mol. The van der Waals surface area contributed by atoms with Gasteiger partial charge in [-0.2, -0.15) is 0 Å². The van der Waals surface area contributed by atoms with Crippen LogP contribution in [0.5, 0.6) is 5.75 Å². The first kappa shape index (κ1) is 35.4. The van der Waals surface area contributed by atoms with Crippen molar-refractivity contribution in [3.05, 3.63) is 65.9 Å². The van der Waals surface area contributed by atoms with Crippen LogP contribution < -0.4 is 33.2 Å². The van der Waals surface area contributed by atoms with Crippen LogP contribution >= 0.6 is 0 Å². The zero-order valence-corrected chi connectivity index (χ0v) is 26.0. The highest BCUT2D eigenvalue weighted by molar-refractivity contribution is 5.94. The molecule has 3 rings (SSSR count). The van der Waals surface area contributed by atoms with Gasteiger partial charge in [-0.05, 0) is 60.9 Å². The molecule has 4 unspecified atom stereocenters. The summed E-state index contributed by atoms with van der Waals surface area (Å²) >= 11 is 0. The SMILES string of the molecule is CC(C)CC(NC(=O)C(N)Cc1ccc(O)cc1)C(=O)NC(CCCN=C(N)N)C(=O)NC(Cc1c[nH]c2ccccc12)C(=O)O. The third-order valence-corrected chi connectivity index (χ3v) is 7.36. The molecule has 1 aromatic heterocycles. The van der Waals surface area contributed by atoms with Crippen LogP contribution in [0.25, 0.3) is 10.9 Å². The Morgan fingerprint density at radius 2 is 1.50 bits per heavy atom. The van der Waals surface area contributed by atoms with Crippen molar-refractivity contribution >= 4 is 40.6 Å². The molecule has 0 aliphatic carbocycles. The van der Waals surface area contributed by atoms with Crippen LogP contribution in [0.4, 0.5) is 0 Å². The van der Waals surface area contributed by atoms with Crippen LogP contribution in [-0.4, -0.2) is 75.6 Å². The van der Waals surface area contributed by atoms with Gasteiger partial charge in [0, 0.05) is 30.1 Å². The molecular formula is C32H44N8O6. The largest absolute Gasteiger partial charge is 0.508 e. The van der Waals surface area contributed by atoms with E-state index in [1.807, 2.05) is 38.1 Å². The maximum Gasteiger partial charge on any atom is 0.326 e. The first-order chi connectivity index (χ1) is 21.8. The summed E-state index contributed by atoms with van der Waals surface area (Å²) in [6.45, 7) is 3.94. The topological polar surface area (TPSA) is 251 Å². The molecule has 1 heterocycles. The first-order valence-electron chi connectivity index (χ1n) is 15.1. The molecule has 14 nitrogen and oxygen atoms in total. The smallest absolute Gasteiger partial charge is 0.326 e. The minimum Gasteiger partial charge on any atom is -0.508 e. The van der Waals surface area contributed by atoms with Gasteiger partial charge in [0.2, 0.25) is 17.7 Å². The monoisotopic (exact) mass is 636 g/mol. The van der Waals surface area contributed by atoms with E-state index in [1.165, 1.54) is 12.1 Å². The van der Waals surface area contributed by atoms with Gasteiger partial charge < -0.3 is 48.3 Å². The van der Waals surface area contributed by atoms with Crippen molar-refractivity contribution in [3.63, 3.8) is 0 Å². The van der Waals surface area contributed by atoms with Crippen LogP contribution in [0.1, 0.15) is 44.2 Å². The quantitative estimate of drug-likeness (QED) is 0.0571. The summed E-state index contributed by atoms with van der Waals surface area (Å²) in [6, 6.07) is 9.25. The number of carbonyl (C=O) groups is 4. The van der Waals surface area contributed by atoms with Crippen molar-refractivity contribution < 1.29 is 29.4 Å². The van der Waals surface area contributed by atoms with Gasteiger partial charge in [0.05, 0.1) is 6.04 Å². The van der Waals surface area contributed by atoms with E-state index in [1.54, 1.807) is 18.3 Å². The number of aromatic nitrogens is 1. The van der Waals surface area contributed by atoms with Crippen molar-refractivity contribution in [1.82, 2.24) is 20.9 Å². The number of hydrogen-bond donors (Lipinski definition) is 9. The number of amides is 3. The molecule has 12 N–H and O–H groups in total. The summed E-state index contributed by atoms with van der Waals surface area (Å²) < 4.78 is 0. The summed E-state index contributed by atoms with van der Waals surface area (Å²) in [5, 5.41) is 28.3. The first-order valence-corrected chi connectivity index (χ1v) is 15.1. The summed E-state index contributed by atoms with van der Waals surface area (Å²) in [5.41, 5.74) is 19.2. The Morgan fingerprint density at radius 3 is 2.15 bits per heavy atom. The Morgan fingerprint density at radius 1 is 0.870 bits per heavy atom. The fourth-order valence-corrected chi connectivity index (χ4v) is 5.00. The Labute approximate surface area is 267 Å². The molecule has 46 heavy (non-hydrogen) atoms. The van der Waals surface area contributed by atoms with Gasteiger partial charge in [0.25, 0.3) is 0 Å². The average molecular weight is 637 g/mol. The molecule has 14 heteroatoms. The number of H-pyrrole nitrogens is 1. The maximum absolute atomic E-state index is 13.5. The third kappa shape index (κ3) is 10.8. The Balaban J connectivity index is 1.74. The van der Waals surface area contributed by atoms with E-state index in [4.69, 9.17) is 17.2 Å². The molecule has 4 atom stereocenters. The van der Waals surface area contributed by atoms with E-state index in [2.05, 4.69) is 25.9 Å². The van der Waals surface area contributed by atoms with Gasteiger partial charge in [-0.15, -0.1) is 0 Å². The van der Waals surface area contributed by atoms with E-state index < -0.39 is 47.9 Å². The molecule has 248 valence electrons. The number of carbonyl (C=O) groups excluding carboxylic acids is 3. The lowest BCUT2D eigenvalue weighted by molar-refractivity contribution is -0.142. The van der Waals surface area contributed by atoms with Gasteiger partial charge in [0.15, 0.2) is 5.96 Å². The molecule has 2 aromatic carbocycles. The average Bonchev–Trinajstić information content (AvgIpc) is 3.41. The number of phenolic OH excluding ortho intramolecular Hbond substituents is 1. The van der Waals surface area contributed by atoms with Crippen molar-refractivity contribution in [3.8, 4) is 5.75 Å². The van der Waals surface area contributed by atoms with Crippen molar-refractivity contribution in [1.29, 1.82) is 0 Å². The second-order valence-corrected chi connectivity index (χ2v) is 11.6. The van der Waals surface area contributed by atoms with E-state index in [-0.39, 0.29) is 49.9 Å². The number of phenols is 1. The fraction of sp³-hybridized carbons (Fsp3) is 0.406. The zero-order chi connectivity index (χ0) is 33.8. The van der Waals surface area contributed by atoms with Gasteiger partial charge in [-0.1, -0.05) is 44.2 Å². The number of hydrogen-bond acceptors (Lipinski definition) is 7. The molecule has 0 spiro atoms. The number of rotatable bonds is 17. The summed E-state index contributed by atoms with van der Waals surface area (Å²) in [7, 11) is 0. The van der Waals surface area contributed by atoms with E-state index in [0.717, 1.165) is 16.5 Å². The molecule has 0 fully saturated rings. The van der Waals surface area contributed by atoms with E-state index in [0.29, 0.717) is 12.0 Å². The van der Waals surface area contributed by atoms with Gasteiger partial charge in [-0.25, -0.2) is 4.79 Å². The zero-order valence-electron chi connectivity index (χ0n) is 26.0. The highest BCUT2D eigenvalue weighted by atomic mass is 16.4. The highest BCUT2D eigenvalue weighted by Crippen LogP contribution is 2.19. The van der Waals surface area contributed by atoms with E-state index >= 15 is 0 Å². The number of nitrogens with one attached hydrogen (secondary N) is 4. The van der Waals surface area contributed by atoms with Crippen LogP contribution in [0.3, 0.4) is 0 Å². The second kappa shape index (κ2) is 16.8. The third-order valence-electron chi connectivity index (χ3n) is 7.36. The number of carboxylic acid groups (broad SMARTS) is 1. The lowest BCUT2D eigenvalue weighted by Gasteiger charge is -2.26. The molecular weight excluding hydrogens is 592 g/mol. The van der Waals surface area contributed by atoms with Crippen molar-refractivity contribution in [2.75, 3.05) is 6.54 Å². The number of benzene rings is 2. The number of guanidine groups is 1. The highest BCUT2D eigenvalue weighted by Gasteiger charge is 2.31. The number of fused-ring (bicyclic) bond motifs is 1. The molecule has 3 aromatic rings. The summed E-state index contributed by atoms with van der Waals surface area (Å²) in [6.07, 6.45) is 2.53. The maximum atomic E-state index is 13.5. The molecule has 0 aliphatic rings.